The lowest BCUT2D eigenvalue weighted by atomic mass is 10.1. The number of carbonyl (C=O) groups excluding carboxylic acids is 2. The number of aromatic nitrogens is 2. The van der Waals surface area contributed by atoms with Gasteiger partial charge in [0.05, 0.1) is 16.6 Å². The SMILES string of the molecule is CN(C(=O)COC(=O)c1cn(-c2ccccc2)nc1-c1cccs1)C(C)(C)C#N. The summed E-state index contributed by atoms with van der Waals surface area (Å²) in [6.07, 6.45) is 1.60. The van der Waals surface area contributed by atoms with E-state index in [0.29, 0.717) is 5.69 Å². The first-order valence-electron chi connectivity index (χ1n) is 8.87. The summed E-state index contributed by atoms with van der Waals surface area (Å²) in [5, 5.41) is 15.6. The fourth-order valence-electron chi connectivity index (χ4n) is 2.52. The van der Waals surface area contributed by atoms with Crippen molar-refractivity contribution in [3.05, 3.63) is 59.6 Å². The van der Waals surface area contributed by atoms with Gasteiger partial charge in [-0.25, -0.2) is 9.48 Å². The summed E-state index contributed by atoms with van der Waals surface area (Å²) >= 11 is 1.46. The van der Waals surface area contributed by atoms with Gasteiger partial charge in [-0.15, -0.1) is 11.3 Å². The third-order valence-corrected chi connectivity index (χ3v) is 5.40. The molecule has 2 heterocycles. The van der Waals surface area contributed by atoms with Gasteiger partial charge >= 0.3 is 5.97 Å². The van der Waals surface area contributed by atoms with Crippen LogP contribution < -0.4 is 0 Å². The van der Waals surface area contributed by atoms with Crippen LogP contribution in [0.1, 0.15) is 24.2 Å². The average molecular weight is 408 g/mol. The molecule has 0 unspecified atom stereocenters. The molecular weight excluding hydrogens is 388 g/mol. The highest BCUT2D eigenvalue weighted by molar-refractivity contribution is 7.13. The Hall–Kier alpha value is -3.44. The number of benzene rings is 1. The largest absolute Gasteiger partial charge is 0.452 e. The molecule has 8 heteroatoms. The minimum Gasteiger partial charge on any atom is -0.452 e. The zero-order valence-corrected chi connectivity index (χ0v) is 17.1. The summed E-state index contributed by atoms with van der Waals surface area (Å²) in [6.45, 7) is 2.78. The molecule has 29 heavy (non-hydrogen) atoms. The third kappa shape index (κ3) is 4.36. The van der Waals surface area contributed by atoms with Crippen molar-refractivity contribution in [1.29, 1.82) is 5.26 Å². The molecule has 0 saturated heterocycles. The van der Waals surface area contributed by atoms with E-state index < -0.39 is 24.0 Å². The van der Waals surface area contributed by atoms with E-state index in [-0.39, 0.29) is 5.56 Å². The molecule has 2 aromatic heterocycles. The molecule has 0 fully saturated rings. The number of thiophene rings is 1. The van der Waals surface area contributed by atoms with Crippen LogP contribution in [0.15, 0.2) is 54.0 Å². The molecule has 3 rings (SSSR count). The predicted octanol–water partition coefficient (Wildman–Crippen LogP) is 3.52. The Morgan fingerprint density at radius 1 is 1.24 bits per heavy atom. The molecule has 0 aliphatic heterocycles. The minimum atomic E-state index is -0.996. The Kier molecular flexibility index (Phi) is 5.80. The van der Waals surface area contributed by atoms with Gasteiger partial charge in [-0.05, 0) is 37.4 Å². The first kappa shape index (κ1) is 20.3. The summed E-state index contributed by atoms with van der Waals surface area (Å²) in [7, 11) is 1.50. The van der Waals surface area contributed by atoms with Gasteiger partial charge < -0.3 is 9.64 Å². The van der Waals surface area contributed by atoms with Crippen LogP contribution >= 0.6 is 11.3 Å². The molecule has 3 aromatic rings. The Labute approximate surface area is 172 Å². The lowest BCUT2D eigenvalue weighted by Crippen LogP contribution is -2.45. The number of hydrogen-bond donors (Lipinski definition) is 0. The Bertz CT molecular complexity index is 1050. The first-order chi connectivity index (χ1) is 13.8. The molecule has 0 saturated carbocycles. The van der Waals surface area contributed by atoms with Crippen molar-refractivity contribution >= 4 is 23.2 Å². The zero-order valence-electron chi connectivity index (χ0n) is 16.3. The van der Waals surface area contributed by atoms with Gasteiger partial charge in [0.15, 0.2) is 6.61 Å². The van der Waals surface area contributed by atoms with Crippen LogP contribution in [0.25, 0.3) is 16.3 Å². The molecule has 0 aliphatic carbocycles. The Morgan fingerprint density at radius 2 is 1.97 bits per heavy atom. The van der Waals surface area contributed by atoms with Crippen molar-refractivity contribution in [3.8, 4) is 22.3 Å². The van der Waals surface area contributed by atoms with Gasteiger partial charge in [-0.1, -0.05) is 24.3 Å². The van der Waals surface area contributed by atoms with Gasteiger partial charge in [0, 0.05) is 13.2 Å². The molecule has 0 bridgehead atoms. The number of hydrogen-bond acceptors (Lipinski definition) is 6. The number of likely N-dealkylation sites (N-methyl/N-ethyl adjacent to an activating group) is 1. The monoisotopic (exact) mass is 408 g/mol. The van der Waals surface area contributed by atoms with E-state index in [1.54, 1.807) is 24.7 Å². The van der Waals surface area contributed by atoms with E-state index in [1.807, 2.05) is 53.9 Å². The zero-order chi connectivity index (χ0) is 21.0. The number of nitrogens with zero attached hydrogens (tertiary/aromatic N) is 4. The van der Waals surface area contributed by atoms with Crippen LogP contribution in [-0.4, -0.2) is 45.8 Å². The summed E-state index contributed by atoms with van der Waals surface area (Å²) < 4.78 is 6.86. The molecule has 0 N–H and O–H groups in total. The number of para-hydroxylation sites is 1. The second-order valence-corrected chi connectivity index (χ2v) is 7.80. The number of ether oxygens (including phenoxy) is 1. The van der Waals surface area contributed by atoms with Crippen LogP contribution in [0.4, 0.5) is 0 Å². The van der Waals surface area contributed by atoms with E-state index >= 15 is 0 Å². The standard InChI is InChI=1S/C21H20N4O3S/c1-21(2,14-22)24(3)18(26)13-28-20(27)16-12-25(15-8-5-4-6-9-15)23-19(16)17-10-7-11-29-17/h4-12H,13H2,1-3H3. The second-order valence-electron chi connectivity index (χ2n) is 6.85. The lowest BCUT2D eigenvalue weighted by Gasteiger charge is -2.28. The number of carbonyl (C=O) groups is 2. The molecule has 0 radical (unpaired) electrons. The van der Waals surface area contributed by atoms with Gasteiger partial charge in [0.2, 0.25) is 0 Å². The molecule has 0 atom stereocenters. The van der Waals surface area contributed by atoms with Crippen molar-refractivity contribution in [3.63, 3.8) is 0 Å². The highest BCUT2D eigenvalue weighted by Gasteiger charge is 2.28. The molecule has 0 aliphatic rings. The maximum absolute atomic E-state index is 12.7. The fraction of sp³-hybridized carbons (Fsp3) is 0.238. The molecule has 1 amide bonds. The maximum atomic E-state index is 12.7. The Balaban J connectivity index is 1.84. The highest BCUT2D eigenvalue weighted by atomic mass is 32.1. The van der Waals surface area contributed by atoms with E-state index in [0.717, 1.165) is 10.6 Å². The van der Waals surface area contributed by atoms with Crippen LogP contribution in [0, 0.1) is 11.3 Å². The predicted molar refractivity (Wildman–Crippen MR) is 110 cm³/mol. The van der Waals surface area contributed by atoms with Gasteiger partial charge in [0.1, 0.15) is 16.8 Å². The van der Waals surface area contributed by atoms with Crippen LogP contribution in [0.3, 0.4) is 0 Å². The van der Waals surface area contributed by atoms with Crippen LogP contribution in [0.2, 0.25) is 0 Å². The first-order valence-corrected chi connectivity index (χ1v) is 9.75. The van der Waals surface area contributed by atoms with E-state index in [9.17, 15) is 9.59 Å². The van der Waals surface area contributed by atoms with E-state index in [2.05, 4.69) is 5.10 Å². The molecule has 1 aromatic carbocycles. The topological polar surface area (TPSA) is 88.2 Å². The van der Waals surface area contributed by atoms with Crippen molar-refractivity contribution in [2.45, 2.75) is 19.4 Å². The van der Waals surface area contributed by atoms with E-state index in [4.69, 9.17) is 10.00 Å². The van der Waals surface area contributed by atoms with Crippen molar-refractivity contribution in [2.24, 2.45) is 0 Å². The summed E-state index contributed by atoms with van der Waals surface area (Å²) in [5.74, 6) is -1.11. The maximum Gasteiger partial charge on any atom is 0.342 e. The third-order valence-electron chi connectivity index (χ3n) is 4.52. The number of rotatable bonds is 6. The minimum absolute atomic E-state index is 0.270. The summed E-state index contributed by atoms with van der Waals surface area (Å²) in [5.41, 5.74) is 0.568. The molecule has 148 valence electrons. The van der Waals surface area contributed by atoms with E-state index in [1.165, 1.54) is 23.3 Å². The smallest absolute Gasteiger partial charge is 0.342 e. The normalized spacial score (nSPS) is 11.0. The molecule has 7 nitrogen and oxygen atoms in total. The van der Waals surface area contributed by atoms with Gasteiger partial charge in [-0.2, -0.15) is 10.4 Å². The Morgan fingerprint density at radius 3 is 2.59 bits per heavy atom. The van der Waals surface area contributed by atoms with Crippen molar-refractivity contribution in [1.82, 2.24) is 14.7 Å². The van der Waals surface area contributed by atoms with Crippen molar-refractivity contribution in [2.75, 3.05) is 13.7 Å². The number of esters is 1. The second kappa shape index (κ2) is 8.29. The van der Waals surface area contributed by atoms with Gasteiger partial charge in [-0.3, -0.25) is 4.79 Å². The van der Waals surface area contributed by atoms with Gasteiger partial charge in [0.25, 0.3) is 5.91 Å². The molecule has 0 spiro atoms. The fourth-order valence-corrected chi connectivity index (χ4v) is 3.24. The van der Waals surface area contributed by atoms with Crippen molar-refractivity contribution < 1.29 is 14.3 Å². The number of nitriles is 1. The summed E-state index contributed by atoms with van der Waals surface area (Å²) in [4.78, 5) is 27.1. The average Bonchev–Trinajstić information content (AvgIpc) is 3.41. The quantitative estimate of drug-likeness (QED) is 0.582. The van der Waals surface area contributed by atoms with Crippen LogP contribution in [0.5, 0.6) is 0 Å². The summed E-state index contributed by atoms with van der Waals surface area (Å²) in [6, 6.07) is 15.2. The number of amides is 1. The lowest BCUT2D eigenvalue weighted by molar-refractivity contribution is -0.136. The van der Waals surface area contributed by atoms with Crippen LogP contribution in [-0.2, 0) is 9.53 Å². The molecular formula is C21H20N4O3S. The highest BCUT2D eigenvalue weighted by Crippen LogP contribution is 2.28.